The molecule has 2 atom stereocenters. The second kappa shape index (κ2) is 7.60. The summed E-state index contributed by atoms with van der Waals surface area (Å²) in [5.74, 6) is -1.59. The van der Waals surface area contributed by atoms with E-state index >= 15 is 0 Å². The molecule has 0 bridgehead atoms. The van der Waals surface area contributed by atoms with E-state index in [4.69, 9.17) is 5.11 Å². The first kappa shape index (κ1) is 17.7. The number of aliphatic hydroxyl groups excluding tert-OH is 1. The number of aliphatic carboxylic acids is 1. The van der Waals surface area contributed by atoms with Crippen LogP contribution in [-0.4, -0.2) is 72.8 Å². The Morgan fingerprint density at radius 2 is 2.05 bits per heavy atom. The maximum Gasteiger partial charge on any atom is 0.326 e. The molecule has 0 aliphatic carbocycles. The molecule has 9 heteroatoms. The number of carboxylic acid groups (broad SMARTS) is 1. The number of nitrogens with zero attached hydrogens (tertiary/aromatic N) is 1. The molecular formula is C12H22N2O6S. The van der Waals surface area contributed by atoms with Gasteiger partial charge < -0.3 is 20.4 Å². The number of hydrogen-bond donors (Lipinski definition) is 3. The molecule has 2 amide bonds. The lowest BCUT2D eigenvalue weighted by Crippen LogP contribution is -2.54. The Hall–Kier alpha value is -1.35. The monoisotopic (exact) mass is 322 g/mol. The van der Waals surface area contributed by atoms with Crippen LogP contribution in [0.5, 0.6) is 0 Å². The van der Waals surface area contributed by atoms with E-state index in [2.05, 4.69) is 5.32 Å². The van der Waals surface area contributed by atoms with E-state index in [-0.39, 0.29) is 24.8 Å². The average molecular weight is 322 g/mol. The summed E-state index contributed by atoms with van der Waals surface area (Å²) in [6.45, 7) is 0.282. The molecule has 1 aliphatic rings. The van der Waals surface area contributed by atoms with Crippen molar-refractivity contribution in [3.8, 4) is 0 Å². The Kier molecular flexibility index (Phi) is 6.41. The van der Waals surface area contributed by atoms with Crippen LogP contribution in [0.15, 0.2) is 0 Å². The van der Waals surface area contributed by atoms with Gasteiger partial charge in [0.15, 0.2) is 0 Å². The minimum absolute atomic E-state index is 0.172. The van der Waals surface area contributed by atoms with Gasteiger partial charge in [-0.25, -0.2) is 18.0 Å². The highest BCUT2D eigenvalue weighted by Crippen LogP contribution is 2.16. The number of urea groups is 1. The van der Waals surface area contributed by atoms with Crippen LogP contribution in [0, 0.1) is 0 Å². The van der Waals surface area contributed by atoms with Crippen LogP contribution in [0.1, 0.15) is 25.7 Å². The van der Waals surface area contributed by atoms with Gasteiger partial charge in [0, 0.05) is 12.8 Å². The minimum Gasteiger partial charge on any atom is -0.480 e. The van der Waals surface area contributed by atoms with Gasteiger partial charge in [-0.2, -0.15) is 0 Å². The largest absolute Gasteiger partial charge is 0.480 e. The summed E-state index contributed by atoms with van der Waals surface area (Å²) >= 11 is 0. The number of piperidine rings is 1. The molecule has 1 fully saturated rings. The van der Waals surface area contributed by atoms with Crippen molar-refractivity contribution >= 4 is 21.8 Å². The number of aliphatic hydroxyl groups is 1. The van der Waals surface area contributed by atoms with E-state index < -0.39 is 27.9 Å². The first-order valence-corrected chi connectivity index (χ1v) is 8.89. The van der Waals surface area contributed by atoms with Gasteiger partial charge in [-0.1, -0.05) is 0 Å². The van der Waals surface area contributed by atoms with Gasteiger partial charge in [0.25, 0.3) is 0 Å². The van der Waals surface area contributed by atoms with Crippen LogP contribution in [0.25, 0.3) is 0 Å². The molecule has 0 spiro atoms. The Balaban J connectivity index is 2.65. The molecular weight excluding hydrogens is 300 g/mol. The lowest BCUT2D eigenvalue weighted by atomic mass is 10.0. The predicted molar refractivity (Wildman–Crippen MR) is 75.7 cm³/mol. The topological polar surface area (TPSA) is 124 Å². The number of likely N-dealkylation sites (tertiary alicyclic amines) is 1. The molecule has 1 saturated heterocycles. The zero-order valence-electron chi connectivity index (χ0n) is 12.0. The van der Waals surface area contributed by atoms with Crippen molar-refractivity contribution in [2.45, 2.75) is 37.8 Å². The third-order valence-electron chi connectivity index (χ3n) is 3.47. The molecule has 122 valence electrons. The standard InChI is InChI=1S/C12H22N2O6S/c1-21(19,20)7-5-10(11(16)17)13-12(18)14-6-3-2-4-9(14)8-15/h9-10,15H,2-8H2,1H3,(H,13,18)(H,16,17). The summed E-state index contributed by atoms with van der Waals surface area (Å²) in [6.07, 6.45) is 3.21. The predicted octanol–water partition coefficient (Wildman–Crippen LogP) is -0.569. The van der Waals surface area contributed by atoms with Crippen molar-refractivity contribution in [1.82, 2.24) is 10.2 Å². The maximum atomic E-state index is 12.1. The van der Waals surface area contributed by atoms with Gasteiger partial charge in [-0.3, -0.25) is 0 Å². The number of carbonyl (C=O) groups excluding carboxylic acids is 1. The van der Waals surface area contributed by atoms with E-state index in [1.807, 2.05) is 0 Å². The SMILES string of the molecule is CS(=O)(=O)CCC(NC(=O)N1CCCCC1CO)C(=O)O. The second-order valence-corrected chi connectivity index (χ2v) is 7.54. The van der Waals surface area contributed by atoms with Crippen LogP contribution in [-0.2, 0) is 14.6 Å². The number of amides is 2. The number of carboxylic acids is 1. The van der Waals surface area contributed by atoms with Crippen molar-refractivity contribution in [1.29, 1.82) is 0 Å². The van der Waals surface area contributed by atoms with Gasteiger partial charge in [0.1, 0.15) is 15.9 Å². The Labute approximate surface area is 124 Å². The third-order valence-corrected chi connectivity index (χ3v) is 4.45. The van der Waals surface area contributed by atoms with Crippen LogP contribution in [0.2, 0.25) is 0 Å². The Morgan fingerprint density at radius 3 is 2.57 bits per heavy atom. The van der Waals surface area contributed by atoms with Gasteiger partial charge in [0.05, 0.1) is 18.4 Å². The maximum absolute atomic E-state index is 12.1. The summed E-state index contributed by atoms with van der Waals surface area (Å²) in [6, 6.07) is -2.15. The number of nitrogens with one attached hydrogen (secondary N) is 1. The second-order valence-electron chi connectivity index (χ2n) is 5.28. The van der Waals surface area contributed by atoms with E-state index in [9.17, 15) is 23.1 Å². The van der Waals surface area contributed by atoms with Crippen molar-refractivity contribution in [3.63, 3.8) is 0 Å². The average Bonchev–Trinajstić information content (AvgIpc) is 2.41. The fourth-order valence-electron chi connectivity index (χ4n) is 2.28. The summed E-state index contributed by atoms with van der Waals surface area (Å²) in [5.41, 5.74) is 0. The van der Waals surface area contributed by atoms with E-state index in [0.717, 1.165) is 19.1 Å². The van der Waals surface area contributed by atoms with Gasteiger partial charge in [-0.15, -0.1) is 0 Å². The highest BCUT2D eigenvalue weighted by Gasteiger charge is 2.29. The summed E-state index contributed by atoms with van der Waals surface area (Å²) in [7, 11) is -3.30. The molecule has 21 heavy (non-hydrogen) atoms. The normalized spacial score (nSPS) is 20.9. The molecule has 0 saturated carbocycles. The number of carbonyl (C=O) groups is 2. The van der Waals surface area contributed by atoms with Crippen LogP contribution in [0.3, 0.4) is 0 Å². The lowest BCUT2D eigenvalue weighted by Gasteiger charge is -2.35. The molecule has 0 radical (unpaired) electrons. The van der Waals surface area contributed by atoms with Crippen molar-refractivity contribution in [3.05, 3.63) is 0 Å². The molecule has 1 heterocycles. The van der Waals surface area contributed by atoms with E-state index in [1.165, 1.54) is 4.90 Å². The smallest absolute Gasteiger partial charge is 0.326 e. The van der Waals surface area contributed by atoms with Crippen LogP contribution >= 0.6 is 0 Å². The van der Waals surface area contributed by atoms with Crippen LogP contribution < -0.4 is 5.32 Å². The van der Waals surface area contributed by atoms with Crippen molar-refractivity contribution < 1.29 is 28.2 Å². The zero-order chi connectivity index (χ0) is 16.0. The van der Waals surface area contributed by atoms with Gasteiger partial charge in [-0.05, 0) is 25.7 Å². The quantitative estimate of drug-likeness (QED) is 0.601. The fraction of sp³-hybridized carbons (Fsp3) is 0.833. The molecule has 3 N–H and O–H groups in total. The summed E-state index contributed by atoms with van der Waals surface area (Å²) in [4.78, 5) is 24.6. The zero-order valence-corrected chi connectivity index (χ0v) is 12.8. The number of hydrogen-bond acceptors (Lipinski definition) is 5. The van der Waals surface area contributed by atoms with Crippen molar-refractivity contribution in [2.24, 2.45) is 0 Å². The first-order chi connectivity index (χ1) is 9.74. The molecule has 8 nitrogen and oxygen atoms in total. The van der Waals surface area contributed by atoms with E-state index in [0.29, 0.717) is 13.0 Å². The summed E-state index contributed by atoms with van der Waals surface area (Å²) < 4.78 is 22.2. The highest BCUT2D eigenvalue weighted by atomic mass is 32.2. The summed E-state index contributed by atoms with van der Waals surface area (Å²) in [5, 5.41) is 20.6. The molecule has 0 aromatic carbocycles. The molecule has 0 aromatic rings. The lowest BCUT2D eigenvalue weighted by molar-refractivity contribution is -0.139. The van der Waals surface area contributed by atoms with Gasteiger partial charge in [0.2, 0.25) is 0 Å². The Bertz CT molecular complexity index is 478. The minimum atomic E-state index is -3.30. The number of sulfone groups is 1. The molecule has 0 aromatic heterocycles. The third kappa shape index (κ3) is 5.88. The molecule has 2 unspecified atom stereocenters. The van der Waals surface area contributed by atoms with Crippen molar-refractivity contribution in [2.75, 3.05) is 25.2 Å². The number of rotatable bonds is 6. The van der Waals surface area contributed by atoms with Gasteiger partial charge >= 0.3 is 12.0 Å². The highest BCUT2D eigenvalue weighted by molar-refractivity contribution is 7.90. The fourth-order valence-corrected chi connectivity index (χ4v) is 2.94. The first-order valence-electron chi connectivity index (χ1n) is 6.83. The van der Waals surface area contributed by atoms with Crippen LogP contribution in [0.4, 0.5) is 4.79 Å². The molecule has 1 rings (SSSR count). The molecule has 1 aliphatic heterocycles. The van der Waals surface area contributed by atoms with E-state index in [1.54, 1.807) is 0 Å². The Morgan fingerprint density at radius 1 is 1.38 bits per heavy atom.